The highest BCUT2D eigenvalue weighted by atomic mass is 16.6. The minimum Gasteiger partial charge on any atom is -0.466 e. The lowest BCUT2D eigenvalue weighted by molar-refractivity contribution is -0.141. The van der Waals surface area contributed by atoms with Crippen molar-refractivity contribution >= 4 is 17.9 Å². The Labute approximate surface area is 183 Å². The Hall–Kier alpha value is -2.89. The fourth-order valence-electron chi connectivity index (χ4n) is 4.52. The van der Waals surface area contributed by atoms with Gasteiger partial charge in [0.05, 0.1) is 18.1 Å². The molecule has 0 radical (unpaired) electrons. The monoisotopic (exact) mass is 426 g/mol. The van der Waals surface area contributed by atoms with Gasteiger partial charge >= 0.3 is 17.9 Å². The quantitative estimate of drug-likeness (QED) is 0.212. The summed E-state index contributed by atoms with van der Waals surface area (Å²) in [6.45, 7) is 11.7. The third kappa shape index (κ3) is 5.06. The van der Waals surface area contributed by atoms with Crippen LogP contribution in [-0.4, -0.2) is 36.7 Å². The number of hydrogen-bond donors (Lipinski definition) is 0. The van der Waals surface area contributed by atoms with E-state index in [9.17, 15) is 14.4 Å². The molecule has 0 saturated carbocycles. The summed E-state index contributed by atoms with van der Waals surface area (Å²) < 4.78 is 16.6. The molecule has 0 bridgehead atoms. The molecule has 166 valence electrons. The number of esters is 3. The molecular formula is C25H30O6. The number of carbonyl (C=O) groups is 3. The molecule has 0 aromatic heterocycles. The summed E-state index contributed by atoms with van der Waals surface area (Å²) >= 11 is 0. The molecule has 0 amide bonds. The van der Waals surface area contributed by atoms with Gasteiger partial charge in [-0.25, -0.2) is 9.59 Å². The van der Waals surface area contributed by atoms with Gasteiger partial charge in [-0.3, -0.25) is 4.79 Å². The summed E-state index contributed by atoms with van der Waals surface area (Å²) in [4.78, 5) is 36.2. The Morgan fingerprint density at radius 1 is 1.23 bits per heavy atom. The second-order valence-corrected chi connectivity index (χ2v) is 8.51. The predicted molar refractivity (Wildman–Crippen MR) is 115 cm³/mol. The number of fused-ring (bicyclic) bond motifs is 1. The minimum absolute atomic E-state index is 0.0795. The Balaban J connectivity index is 1.85. The second-order valence-electron chi connectivity index (χ2n) is 8.51. The fourth-order valence-corrected chi connectivity index (χ4v) is 4.52. The van der Waals surface area contributed by atoms with E-state index in [-0.39, 0.29) is 18.0 Å². The van der Waals surface area contributed by atoms with Gasteiger partial charge in [0.15, 0.2) is 0 Å². The minimum atomic E-state index is -0.616. The smallest absolute Gasteiger partial charge is 0.338 e. The van der Waals surface area contributed by atoms with Crippen molar-refractivity contribution < 1.29 is 28.6 Å². The Morgan fingerprint density at radius 3 is 2.55 bits per heavy atom. The van der Waals surface area contributed by atoms with Crippen LogP contribution in [0.4, 0.5) is 0 Å². The maximum atomic E-state index is 13.0. The van der Waals surface area contributed by atoms with Crippen LogP contribution in [0, 0.1) is 18.8 Å². The van der Waals surface area contributed by atoms with Gasteiger partial charge in [-0.2, -0.15) is 0 Å². The number of rotatable bonds is 7. The topological polar surface area (TPSA) is 78.9 Å². The van der Waals surface area contributed by atoms with Crippen LogP contribution < -0.4 is 0 Å². The molecule has 4 atom stereocenters. The maximum absolute atomic E-state index is 13.0. The molecule has 0 spiro atoms. The molecule has 1 fully saturated rings. The van der Waals surface area contributed by atoms with Gasteiger partial charge in [-0.15, -0.1) is 0 Å². The lowest BCUT2D eigenvalue weighted by Crippen LogP contribution is -2.40. The standard InChI is InChI=1S/C25H30O6/c1-14-8-10-19(11-9-14)25(28)31-23-21(15(2)7-6-12-29-18(5)26)16(3)13-20-22(23)17(4)24(27)30-20/h8-11,15,20,22-23H,4,6-7,12-13H2,1-3,5H3/t15-,20+,22+,23+/m0/s1. The van der Waals surface area contributed by atoms with Crippen LogP contribution in [0.2, 0.25) is 0 Å². The first-order valence-electron chi connectivity index (χ1n) is 10.7. The van der Waals surface area contributed by atoms with E-state index in [2.05, 4.69) is 13.5 Å². The number of benzene rings is 1. The third-order valence-electron chi connectivity index (χ3n) is 6.10. The molecule has 6 nitrogen and oxygen atoms in total. The van der Waals surface area contributed by atoms with E-state index >= 15 is 0 Å². The van der Waals surface area contributed by atoms with Crippen LogP contribution >= 0.6 is 0 Å². The molecule has 1 heterocycles. The van der Waals surface area contributed by atoms with Crippen molar-refractivity contribution in [2.45, 2.75) is 59.2 Å². The first-order chi connectivity index (χ1) is 14.7. The van der Waals surface area contributed by atoms with Crippen molar-refractivity contribution in [2.75, 3.05) is 6.61 Å². The van der Waals surface area contributed by atoms with E-state index in [1.807, 2.05) is 26.0 Å². The zero-order valence-corrected chi connectivity index (χ0v) is 18.6. The van der Waals surface area contributed by atoms with E-state index in [1.54, 1.807) is 12.1 Å². The zero-order valence-electron chi connectivity index (χ0n) is 18.6. The molecule has 1 aromatic rings. The maximum Gasteiger partial charge on any atom is 0.338 e. The van der Waals surface area contributed by atoms with Crippen LogP contribution in [0.3, 0.4) is 0 Å². The highest BCUT2D eigenvalue weighted by Crippen LogP contribution is 2.45. The molecule has 0 unspecified atom stereocenters. The summed E-state index contributed by atoms with van der Waals surface area (Å²) in [6, 6.07) is 7.20. The van der Waals surface area contributed by atoms with Crippen molar-refractivity contribution in [1.82, 2.24) is 0 Å². The highest BCUT2D eigenvalue weighted by molar-refractivity contribution is 5.92. The van der Waals surface area contributed by atoms with Crippen LogP contribution in [0.25, 0.3) is 0 Å². The Bertz CT molecular complexity index is 910. The van der Waals surface area contributed by atoms with Crippen molar-refractivity contribution in [3.8, 4) is 0 Å². The molecule has 1 aliphatic carbocycles. The van der Waals surface area contributed by atoms with Gasteiger partial charge in [0.1, 0.15) is 12.2 Å². The average molecular weight is 427 g/mol. The number of carbonyl (C=O) groups excluding carboxylic acids is 3. The molecule has 6 heteroatoms. The fraction of sp³-hybridized carbons (Fsp3) is 0.480. The van der Waals surface area contributed by atoms with Crippen LogP contribution in [0.5, 0.6) is 0 Å². The van der Waals surface area contributed by atoms with Gasteiger partial charge in [-0.05, 0) is 50.3 Å². The van der Waals surface area contributed by atoms with Crippen LogP contribution in [0.1, 0.15) is 56.0 Å². The largest absolute Gasteiger partial charge is 0.466 e. The predicted octanol–water partition coefficient (Wildman–Crippen LogP) is 4.32. The highest BCUT2D eigenvalue weighted by Gasteiger charge is 2.50. The SMILES string of the molecule is C=C1C(=O)O[C@@H]2CC(C)=C([C@@H](C)CCCOC(C)=O)[C@@H](OC(=O)c3ccc(C)cc3)[C@H]12. The third-order valence-corrected chi connectivity index (χ3v) is 6.10. The van der Waals surface area contributed by atoms with Crippen LogP contribution in [-0.2, 0) is 23.8 Å². The second kappa shape index (κ2) is 9.50. The van der Waals surface area contributed by atoms with Crippen molar-refractivity contribution in [3.63, 3.8) is 0 Å². The molecule has 1 saturated heterocycles. The van der Waals surface area contributed by atoms with Crippen molar-refractivity contribution in [3.05, 3.63) is 58.7 Å². The molecule has 31 heavy (non-hydrogen) atoms. The van der Waals surface area contributed by atoms with E-state index in [0.29, 0.717) is 30.6 Å². The number of ether oxygens (including phenoxy) is 3. The molecule has 1 aromatic carbocycles. The lowest BCUT2D eigenvalue weighted by Gasteiger charge is -2.37. The van der Waals surface area contributed by atoms with Crippen molar-refractivity contribution in [2.24, 2.45) is 11.8 Å². The summed E-state index contributed by atoms with van der Waals surface area (Å²) in [5.41, 5.74) is 3.93. The normalized spacial score (nSPS) is 23.8. The van der Waals surface area contributed by atoms with E-state index in [1.165, 1.54) is 6.92 Å². The van der Waals surface area contributed by atoms with E-state index in [4.69, 9.17) is 14.2 Å². The van der Waals surface area contributed by atoms with E-state index < -0.39 is 24.0 Å². The van der Waals surface area contributed by atoms with Crippen LogP contribution in [0.15, 0.2) is 47.6 Å². The lowest BCUT2D eigenvalue weighted by atomic mass is 9.73. The summed E-state index contributed by atoms with van der Waals surface area (Å²) in [5.74, 6) is -1.48. The average Bonchev–Trinajstić information content (AvgIpc) is 2.98. The van der Waals surface area contributed by atoms with Gasteiger partial charge in [0, 0.05) is 18.9 Å². The summed E-state index contributed by atoms with van der Waals surface area (Å²) in [7, 11) is 0. The first-order valence-corrected chi connectivity index (χ1v) is 10.7. The summed E-state index contributed by atoms with van der Waals surface area (Å²) in [6.07, 6.45) is 1.07. The van der Waals surface area contributed by atoms with Crippen molar-refractivity contribution in [1.29, 1.82) is 0 Å². The Morgan fingerprint density at radius 2 is 1.90 bits per heavy atom. The summed E-state index contributed by atoms with van der Waals surface area (Å²) in [5, 5.41) is 0. The Kier molecular flexibility index (Phi) is 6.98. The molecule has 3 rings (SSSR count). The number of hydrogen-bond acceptors (Lipinski definition) is 6. The van der Waals surface area contributed by atoms with E-state index in [0.717, 1.165) is 23.1 Å². The molecule has 1 aliphatic heterocycles. The zero-order chi connectivity index (χ0) is 22.7. The van der Waals surface area contributed by atoms with Gasteiger partial charge < -0.3 is 14.2 Å². The molecule has 2 aliphatic rings. The molecule has 0 N–H and O–H groups in total. The van der Waals surface area contributed by atoms with Gasteiger partial charge in [-0.1, -0.05) is 36.8 Å². The molecular weight excluding hydrogens is 396 g/mol. The van der Waals surface area contributed by atoms with Gasteiger partial charge in [0.25, 0.3) is 0 Å². The van der Waals surface area contributed by atoms with Gasteiger partial charge in [0.2, 0.25) is 0 Å². The first kappa shape index (κ1) is 22.8. The number of aryl methyl sites for hydroxylation is 1.